The summed E-state index contributed by atoms with van der Waals surface area (Å²) >= 11 is 0. The third-order valence-electron chi connectivity index (χ3n) is 5.00. The number of nitrogens with one attached hydrogen (secondary N) is 1. The van der Waals surface area contributed by atoms with E-state index in [9.17, 15) is 4.57 Å². The molecule has 2 nitrogen and oxygen atoms in total. The molecule has 0 heterocycles. The van der Waals surface area contributed by atoms with Crippen molar-refractivity contribution in [3.63, 3.8) is 0 Å². The average molecular weight is 327 g/mol. The van der Waals surface area contributed by atoms with Crippen LogP contribution in [0.25, 0.3) is 0 Å². The van der Waals surface area contributed by atoms with E-state index in [4.69, 9.17) is 0 Å². The van der Waals surface area contributed by atoms with Gasteiger partial charge in [0.1, 0.15) is 0 Å². The van der Waals surface area contributed by atoms with Crippen LogP contribution in [0.1, 0.15) is 39.0 Å². The second-order valence-electron chi connectivity index (χ2n) is 6.47. The second kappa shape index (κ2) is 7.47. The fourth-order valence-electron chi connectivity index (χ4n) is 3.70. The van der Waals surface area contributed by atoms with Crippen LogP contribution in [0.2, 0.25) is 0 Å². The number of hydrogen-bond donors (Lipinski definition) is 1. The molecule has 0 unspecified atom stereocenters. The monoisotopic (exact) mass is 327 g/mol. The minimum Gasteiger partial charge on any atom is -0.297 e. The maximum atomic E-state index is 14.0. The summed E-state index contributed by atoms with van der Waals surface area (Å²) in [5.74, 6) is 0.653. The normalized spacial score (nSPS) is 17.3. The van der Waals surface area contributed by atoms with E-state index in [0.717, 1.165) is 17.0 Å². The molecule has 1 fully saturated rings. The molecule has 3 rings (SSSR count). The van der Waals surface area contributed by atoms with Gasteiger partial charge in [-0.2, -0.15) is 0 Å². The summed E-state index contributed by atoms with van der Waals surface area (Å²) in [6.45, 7) is 2.20. The Morgan fingerprint density at radius 1 is 0.957 bits per heavy atom. The van der Waals surface area contributed by atoms with Gasteiger partial charge < -0.3 is 0 Å². The summed E-state index contributed by atoms with van der Waals surface area (Å²) in [5, 5.41) is 5.42. The molecule has 2 aromatic carbocycles. The number of rotatable bonds is 6. The third-order valence-corrected chi connectivity index (χ3v) is 7.74. The highest BCUT2D eigenvalue weighted by molar-refractivity contribution is 7.76. The molecular weight excluding hydrogens is 301 g/mol. The molecule has 1 atom stereocenters. The van der Waals surface area contributed by atoms with Crippen molar-refractivity contribution in [2.75, 3.05) is 0 Å². The fourth-order valence-corrected chi connectivity index (χ4v) is 6.34. The van der Waals surface area contributed by atoms with Gasteiger partial charge in [-0.05, 0) is 49.4 Å². The van der Waals surface area contributed by atoms with Crippen LogP contribution in [-0.4, -0.2) is 6.04 Å². The lowest BCUT2D eigenvalue weighted by molar-refractivity contribution is 0.392. The molecule has 1 aliphatic carbocycles. The largest absolute Gasteiger partial charge is 0.297 e. The van der Waals surface area contributed by atoms with Gasteiger partial charge in [0, 0.05) is 16.7 Å². The van der Waals surface area contributed by atoms with E-state index in [1.807, 2.05) is 60.7 Å². The summed E-state index contributed by atoms with van der Waals surface area (Å²) in [5.41, 5.74) is 0. The van der Waals surface area contributed by atoms with E-state index in [2.05, 4.69) is 12.0 Å². The topological polar surface area (TPSA) is 29.1 Å². The van der Waals surface area contributed by atoms with Crippen LogP contribution >= 0.6 is 7.29 Å². The van der Waals surface area contributed by atoms with Gasteiger partial charge in [-0.25, -0.2) is 0 Å². The van der Waals surface area contributed by atoms with Crippen molar-refractivity contribution in [1.29, 1.82) is 0 Å². The van der Waals surface area contributed by atoms with Gasteiger partial charge in [0.15, 0.2) is 0 Å². The minimum absolute atomic E-state index is 0.323. The van der Waals surface area contributed by atoms with Crippen molar-refractivity contribution < 1.29 is 4.57 Å². The first kappa shape index (κ1) is 16.5. The zero-order chi connectivity index (χ0) is 16.1. The molecule has 0 spiro atoms. The molecule has 0 radical (unpaired) electrons. The molecule has 0 amide bonds. The molecular formula is C20H26NOP. The van der Waals surface area contributed by atoms with Crippen molar-refractivity contribution in [3.8, 4) is 0 Å². The van der Waals surface area contributed by atoms with E-state index in [0.29, 0.717) is 12.0 Å². The van der Waals surface area contributed by atoms with E-state index in [1.54, 1.807) is 0 Å². The van der Waals surface area contributed by atoms with Crippen molar-refractivity contribution in [2.45, 2.75) is 45.1 Å². The summed E-state index contributed by atoms with van der Waals surface area (Å²) in [4.78, 5) is 0. The van der Waals surface area contributed by atoms with Gasteiger partial charge in [0.2, 0.25) is 7.29 Å². The van der Waals surface area contributed by atoms with E-state index >= 15 is 0 Å². The smallest absolute Gasteiger partial charge is 0.204 e. The first-order valence-corrected chi connectivity index (χ1v) is 10.4. The standard InChI is InChI=1S/C20H26NOP/c1-2-20(17-11-9-10-12-17)21-23(22,18-13-5-3-6-14-18)19-15-7-4-8-16-19/h3-8,13-17,20H,2,9-12H2,1H3,(H,21,22)/t20-/m0/s1. The molecule has 1 N–H and O–H groups in total. The highest BCUT2D eigenvalue weighted by Crippen LogP contribution is 2.42. The molecule has 0 saturated heterocycles. The third kappa shape index (κ3) is 3.59. The zero-order valence-electron chi connectivity index (χ0n) is 13.8. The molecule has 1 saturated carbocycles. The average Bonchev–Trinajstić information content (AvgIpc) is 3.15. The molecule has 1 aliphatic rings. The first-order valence-electron chi connectivity index (χ1n) is 8.73. The Hall–Kier alpha value is -1.37. The highest BCUT2D eigenvalue weighted by Gasteiger charge is 2.33. The molecule has 2 aromatic rings. The van der Waals surface area contributed by atoms with Gasteiger partial charge in [0.25, 0.3) is 0 Å². The van der Waals surface area contributed by atoms with Gasteiger partial charge >= 0.3 is 0 Å². The Kier molecular flexibility index (Phi) is 5.35. The van der Waals surface area contributed by atoms with Crippen LogP contribution in [0.3, 0.4) is 0 Å². The predicted molar refractivity (Wildman–Crippen MR) is 98.9 cm³/mol. The molecule has 0 aliphatic heterocycles. The van der Waals surface area contributed by atoms with Crippen LogP contribution in [-0.2, 0) is 4.57 Å². The summed E-state index contributed by atoms with van der Waals surface area (Å²) < 4.78 is 14.0. The Balaban J connectivity index is 1.97. The Morgan fingerprint density at radius 2 is 1.43 bits per heavy atom. The van der Waals surface area contributed by atoms with Crippen LogP contribution in [0, 0.1) is 5.92 Å². The van der Waals surface area contributed by atoms with Gasteiger partial charge in [-0.15, -0.1) is 0 Å². The second-order valence-corrected chi connectivity index (χ2v) is 8.98. The first-order chi connectivity index (χ1) is 11.2. The zero-order valence-corrected chi connectivity index (χ0v) is 14.7. The van der Waals surface area contributed by atoms with Gasteiger partial charge in [0.05, 0.1) is 0 Å². The maximum Gasteiger partial charge on any atom is 0.204 e. The van der Waals surface area contributed by atoms with Crippen molar-refractivity contribution in [2.24, 2.45) is 5.92 Å². The van der Waals surface area contributed by atoms with Crippen LogP contribution in [0.4, 0.5) is 0 Å². The van der Waals surface area contributed by atoms with Crippen molar-refractivity contribution in [1.82, 2.24) is 5.09 Å². The molecule has 3 heteroatoms. The Labute approximate surface area is 139 Å². The van der Waals surface area contributed by atoms with E-state index in [1.165, 1.54) is 25.7 Å². The Bertz CT molecular complexity index is 606. The molecule has 0 aromatic heterocycles. The lowest BCUT2D eigenvalue weighted by Gasteiger charge is -2.30. The Morgan fingerprint density at radius 3 is 1.87 bits per heavy atom. The quantitative estimate of drug-likeness (QED) is 0.793. The lowest BCUT2D eigenvalue weighted by Crippen LogP contribution is -2.38. The lowest BCUT2D eigenvalue weighted by atomic mass is 9.97. The SMILES string of the molecule is CC[C@H](NP(=O)(c1ccccc1)c1ccccc1)C1CCCC1. The van der Waals surface area contributed by atoms with E-state index < -0.39 is 7.29 Å². The fraction of sp³-hybridized carbons (Fsp3) is 0.400. The summed E-state index contributed by atoms with van der Waals surface area (Å²) in [6.07, 6.45) is 6.16. The minimum atomic E-state index is -2.80. The van der Waals surface area contributed by atoms with Crippen molar-refractivity contribution >= 4 is 17.9 Å². The summed E-state index contributed by atoms with van der Waals surface area (Å²) in [7, 11) is -2.80. The molecule has 122 valence electrons. The highest BCUT2D eigenvalue weighted by atomic mass is 31.2. The maximum absolute atomic E-state index is 14.0. The van der Waals surface area contributed by atoms with Gasteiger partial charge in [-0.3, -0.25) is 9.65 Å². The van der Waals surface area contributed by atoms with Crippen LogP contribution < -0.4 is 15.7 Å². The van der Waals surface area contributed by atoms with Crippen LogP contribution in [0.5, 0.6) is 0 Å². The predicted octanol–water partition coefficient (Wildman–Crippen LogP) is 4.47. The molecule has 23 heavy (non-hydrogen) atoms. The van der Waals surface area contributed by atoms with Crippen LogP contribution in [0.15, 0.2) is 60.7 Å². The van der Waals surface area contributed by atoms with Gasteiger partial charge in [-0.1, -0.05) is 56.2 Å². The number of benzene rings is 2. The summed E-state index contributed by atoms with van der Waals surface area (Å²) in [6, 6.07) is 20.1. The molecule has 0 bridgehead atoms. The van der Waals surface area contributed by atoms with Crippen molar-refractivity contribution in [3.05, 3.63) is 60.7 Å². The van der Waals surface area contributed by atoms with E-state index in [-0.39, 0.29) is 0 Å². The number of hydrogen-bond acceptors (Lipinski definition) is 1.